The molecule has 1 unspecified atom stereocenters. The van der Waals surface area contributed by atoms with Gasteiger partial charge in [0, 0.05) is 17.6 Å². The van der Waals surface area contributed by atoms with Crippen molar-refractivity contribution in [2.45, 2.75) is 19.4 Å². The maximum absolute atomic E-state index is 5.82. The van der Waals surface area contributed by atoms with Gasteiger partial charge in [-0.05, 0) is 37.1 Å². The first kappa shape index (κ1) is 15.2. The third-order valence-corrected chi connectivity index (χ3v) is 4.85. The van der Waals surface area contributed by atoms with Crippen LogP contribution >= 0.6 is 0 Å². The first-order chi connectivity index (χ1) is 12.7. The van der Waals surface area contributed by atoms with Crippen LogP contribution in [0.4, 0.5) is 11.8 Å². The predicted molar refractivity (Wildman–Crippen MR) is 100 cm³/mol. The van der Waals surface area contributed by atoms with Crippen molar-refractivity contribution in [3.8, 4) is 11.1 Å². The highest BCUT2D eigenvalue weighted by Crippen LogP contribution is 2.32. The molecule has 132 valence electrons. The van der Waals surface area contributed by atoms with E-state index in [0.29, 0.717) is 12.3 Å². The average molecular weight is 349 g/mol. The molecule has 0 aliphatic carbocycles. The van der Waals surface area contributed by atoms with Crippen LogP contribution in [-0.4, -0.2) is 44.1 Å². The third kappa shape index (κ3) is 2.38. The molecule has 3 aromatic heterocycles. The number of anilines is 2. The largest absolute Gasteiger partial charge is 0.379 e. The van der Waals surface area contributed by atoms with Crippen molar-refractivity contribution < 1.29 is 4.74 Å². The van der Waals surface area contributed by atoms with Crippen molar-refractivity contribution in [3.63, 3.8) is 0 Å². The van der Waals surface area contributed by atoms with E-state index in [4.69, 9.17) is 10.5 Å². The molecule has 0 bridgehead atoms. The van der Waals surface area contributed by atoms with Gasteiger partial charge in [-0.2, -0.15) is 14.6 Å². The summed E-state index contributed by atoms with van der Waals surface area (Å²) in [5, 5.41) is 16.4. The molecule has 1 fully saturated rings. The Morgan fingerprint density at radius 2 is 2.23 bits per heavy atom. The fraction of sp³-hybridized carbons (Fsp3) is 0.278. The number of benzene rings is 1. The molecule has 0 saturated carbocycles. The first-order valence-corrected chi connectivity index (χ1v) is 8.64. The van der Waals surface area contributed by atoms with Crippen molar-refractivity contribution in [3.05, 3.63) is 36.0 Å². The van der Waals surface area contributed by atoms with Crippen molar-refractivity contribution in [1.82, 2.24) is 24.8 Å². The minimum atomic E-state index is 0.239. The Balaban J connectivity index is 1.69. The summed E-state index contributed by atoms with van der Waals surface area (Å²) in [5.74, 6) is 1.13. The number of ether oxygens (including phenoxy) is 1. The number of nitrogens with one attached hydrogen (secondary N) is 2. The van der Waals surface area contributed by atoms with Crippen molar-refractivity contribution in [2.24, 2.45) is 0 Å². The number of aromatic amines is 1. The van der Waals surface area contributed by atoms with E-state index >= 15 is 0 Å². The monoisotopic (exact) mass is 349 g/mol. The number of nitrogens with zero attached hydrogens (tertiary/aromatic N) is 4. The second-order valence-electron chi connectivity index (χ2n) is 6.61. The molecule has 8 heteroatoms. The highest BCUT2D eigenvalue weighted by Gasteiger charge is 2.20. The highest BCUT2D eigenvalue weighted by molar-refractivity contribution is 5.88. The van der Waals surface area contributed by atoms with Gasteiger partial charge in [0.05, 0.1) is 23.9 Å². The zero-order valence-corrected chi connectivity index (χ0v) is 14.4. The maximum Gasteiger partial charge on any atom is 0.240 e. The SMILES string of the molecule is Cc1n[nH]c2cc(-c3ccc4nc(N)nn4c3NC3CCOC3)ccc12. The molecule has 1 atom stereocenters. The molecule has 26 heavy (non-hydrogen) atoms. The Hall–Kier alpha value is -3.13. The van der Waals surface area contributed by atoms with Crippen LogP contribution in [0.25, 0.3) is 27.7 Å². The van der Waals surface area contributed by atoms with Crippen LogP contribution in [0.1, 0.15) is 12.1 Å². The molecule has 5 rings (SSSR count). The number of rotatable bonds is 3. The van der Waals surface area contributed by atoms with Crippen LogP contribution in [0, 0.1) is 6.92 Å². The van der Waals surface area contributed by atoms with Crippen LogP contribution in [0.15, 0.2) is 30.3 Å². The molecule has 0 spiro atoms. The molecule has 1 aromatic carbocycles. The van der Waals surface area contributed by atoms with Crippen LogP contribution in [0.2, 0.25) is 0 Å². The number of nitrogens with two attached hydrogens (primary N) is 1. The number of pyridine rings is 1. The van der Waals surface area contributed by atoms with Gasteiger partial charge >= 0.3 is 0 Å². The molecule has 8 nitrogen and oxygen atoms in total. The summed E-state index contributed by atoms with van der Waals surface area (Å²) in [6.07, 6.45) is 0.957. The molecular weight excluding hydrogens is 330 g/mol. The second kappa shape index (κ2) is 5.70. The van der Waals surface area contributed by atoms with E-state index in [-0.39, 0.29) is 12.0 Å². The number of hydrogen-bond acceptors (Lipinski definition) is 6. The number of hydrogen-bond donors (Lipinski definition) is 3. The van der Waals surface area contributed by atoms with E-state index < -0.39 is 0 Å². The standard InChI is InChI=1S/C18H19N7O/c1-10-13-3-2-11(8-15(13)23-22-10)14-4-5-16-21-18(19)24-25(16)17(14)20-12-6-7-26-9-12/h2-5,8,12,20H,6-7,9H2,1H3,(H2,19,24)(H,22,23). The van der Waals surface area contributed by atoms with Crippen LogP contribution in [0.5, 0.6) is 0 Å². The van der Waals surface area contributed by atoms with Gasteiger partial charge < -0.3 is 15.8 Å². The summed E-state index contributed by atoms with van der Waals surface area (Å²) < 4.78 is 7.28. The molecule has 4 heterocycles. The van der Waals surface area contributed by atoms with Gasteiger partial charge in [0.1, 0.15) is 5.82 Å². The number of fused-ring (bicyclic) bond motifs is 2. The molecular formula is C18H19N7O. The lowest BCUT2D eigenvalue weighted by Crippen LogP contribution is -2.21. The Bertz CT molecular complexity index is 1110. The summed E-state index contributed by atoms with van der Waals surface area (Å²) in [4.78, 5) is 4.28. The summed E-state index contributed by atoms with van der Waals surface area (Å²) >= 11 is 0. The molecule has 1 aliphatic heterocycles. The maximum atomic E-state index is 5.82. The second-order valence-corrected chi connectivity index (χ2v) is 6.61. The molecule has 0 amide bonds. The molecule has 1 saturated heterocycles. The van der Waals surface area contributed by atoms with E-state index in [9.17, 15) is 0 Å². The summed E-state index contributed by atoms with van der Waals surface area (Å²) in [5.41, 5.74) is 10.6. The minimum absolute atomic E-state index is 0.239. The summed E-state index contributed by atoms with van der Waals surface area (Å²) in [7, 11) is 0. The van der Waals surface area contributed by atoms with Gasteiger partial charge in [-0.1, -0.05) is 12.1 Å². The lowest BCUT2D eigenvalue weighted by atomic mass is 10.0. The fourth-order valence-electron chi connectivity index (χ4n) is 3.50. The average Bonchev–Trinajstić information content (AvgIpc) is 3.35. The van der Waals surface area contributed by atoms with Crippen LogP contribution in [-0.2, 0) is 4.74 Å². The van der Waals surface area contributed by atoms with E-state index in [1.54, 1.807) is 4.52 Å². The number of H-pyrrole nitrogens is 1. The van der Waals surface area contributed by atoms with Crippen molar-refractivity contribution in [2.75, 3.05) is 24.3 Å². The Morgan fingerprint density at radius 3 is 3.08 bits per heavy atom. The van der Waals surface area contributed by atoms with E-state index in [1.807, 2.05) is 19.1 Å². The number of aryl methyl sites for hydroxylation is 1. The smallest absolute Gasteiger partial charge is 0.240 e. The summed E-state index contributed by atoms with van der Waals surface area (Å²) in [6, 6.07) is 10.5. The topological polar surface area (TPSA) is 106 Å². The van der Waals surface area contributed by atoms with Gasteiger partial charge in [0.15, 0.2) is 5.65 Å². The fourth-order valence-corrected chi connectivity index (χ4v) is 3.50. The van der Waals surface area contributed by atoms with Crippen LogP contribution in [0.3, 0.4) is 0 Å². The van der Waals surface area contributed by atoms with E-state index in [1.165, 1.54) is 0 Å². The highest BCUT2D eigenvalue weighted by atomic mass is 16.5. The molecule has 4 aromatic rings. The molecule has 4 N–H and O–H groups in total. The van der Waals surface area contributed by atoms with Gasteiger partial charge in [-0.3, -0.25) is 5.10 Å². The van der Waals surface area contributed by atoms with Crippen molar-refractivity contribution in [1.29, 1.82) is 0 Å². The zero-order chi connectivity index (χ0) is 17.7. The number of aromatic nitrogens is 5. The summed E-state index contributed by atoms with van der Waals surface area (Å²) in [6.45, 7) is 3.44. The predicted octanol–water partition coefficient (Wildman–Crippen LogP) is 2.36. The van der Waals surface area contributed by atoms with Gasteiger partial charge in [0.25, 0.3) is 0 Å². The normalized spacial score (nSPS) is 17.3. The Kier molecular flexibility index (Phi) is 3.32. The zero-order valence-electron chi connectivity index (χ0n) is 14.4. The van der Waals surface area contributed by atoms with Gasteiger partial charge in [-0.25, -0.2) is 0 Å². The minimum Gasteiger partial charge on any atom is -0.379 e. The van der Waals surface area contributed by atoms with Crippen LogP contribution < -0.4 is 11.1 Å². The molecule has 0 radical (unpaired) electrons. The molecule has 1 aliphatic rings. The first-order valence-electron chi connectivity index (χ1n) is 8.64. The quantitative estimate of drug-likeness (QED) is 0.524. The van der Waals surface area contributed by atoms with E-state index in [0.717, 1.165) is 46.6 Å². The van der Waals surface area contributed by atoms with Gasteiger partial charge in [0.2, 0.25) is 5.95 Å². The van der Waals surface area contributed by atoms with Crippen molar-refractivity contribution >= 4 is 28.3 Å². The Morgan fingerprint density at radius 1 is 1.31 bits per heavy atom. The van der Waals surface area contributed by atoms with E-state index in [2.05, 4.69) is 43.8 Å². The number of nitrogen functional groups attached to an aromatic ring is 1. The lowest BCUT2D eigenvalue weighted by Gasteiger charge is -2.17. The van der Waals surface area contributed by atoms with Gasteiger partial charge in [-0.15, -0.1) is 5.10 Å². The third-order valence-electron chi connectivity index (χ3n) is 4.85. The lowest BCUT2D eigenvalue weighted by molar-refractivity contribution is 0.195. The Labute approximate surface area is 149 Å².